The standard InChI is InChI=1S/C17H19ClN2O/c1-3-20(11-13-5-8-15(19)9-6-13)17(21)16-10-14(18)7-4-12(16)2/h4-10H,3,11,19H2,1-2H3. The second kappa shape index (κ2) is 6.64. The summed E-state index contributed by atoms with van der Waals surface area (Å²) in [6.45, 7) is 5.08. The number of nitrogens with two attached hydrogens (primary N) is 1. The Kier molecular flexibility index (Phi) is 4.86. The lowest BCUT2D eigenvalue weighted by Crippen LogP contribution is -2.30. The minimum Gasteiger partial charge on any atom is -0.399 e. The van der Waals surface area contributed by atoms with Crippen molar-refractivity contribution in [1.82, 2.24) is 4.90 Å². The molecule has 110 valence electrons. The van der Waals surface area contributed by atoms with Gasteiger partial charge in [-0.3, -0.25) is 4.79 Å². The maximum Gasteiger partial charge on any atom is 0.254 e. The minimum atomic E-state index is -0.00525. The number of carbonyl (C=O) groups is 1. The summed E-state index contributed by atoms with van der Waals surface area (Å²) in [6.07, 6.45) is 0. The fourth-order valence-electron chi connectivity index (χ4n) is 2.17. The summed E-state index contributed by atoms with van der Waals surface area (Å²) in [5.74, 6) is -0.00525. The Morgan fingerprint density at radius 2 is 1.86 bits per heavy atom. The summed E-state index contributed by atoms with van der Waals surface area (Å²) in [6, 6.07) is 13.0. The molecule has 0 aromatic heterocycles. The Morgan fingerprint density at radius 1 is 1.19 bits per heavy atom. The molecule has 0 aliphatic rings. The van der Waals surface area contributed by atoms with Crippen LogP contribution in [0.25, 0.3) is 0 Å². The highest BCUT2D eigenvalue weighted by Gasteiger charge is 2.17. The van der Waals surface area contributed by atoms with Gasteiger partial charge in [-0.25, -0.2) is 0 Å². The molecule has 0 fully saturated rings. The SMILES string of the molecule is CCN(Cc1ccc(N)cc1)C(=O)c1cc(Cl)ccc1C. The molecule has 0 bridgehead atoms. The summed E-state index contributed by atoms with van der Waals surface area (Å²) < 4.78 is 0. The molecule has 2 rings (SSSR count). The smallest absolute Gasteiger partial charge is 0.254 e. The molecule has 0 aliphatic heterocycles. The highest BCUT2D eigenvalue weighted by atomic mass is 35.5. The molecule has 0 aliphatic carbocycles. The van der Waals surface area contributed by atoms with Crippen molar-refractivity contribution in [1.29, 1.82) is 0 Å². The van der Waals surface area contributed by atoms with E-state index in [4.69, 9.17) is 17.3 Å². The number of benzene rings is 2. The van der Waals surface area contributed by atoms with Gasteiger partial charge in [-0.2, -0.15) is 0 Å². The van der Waals surface area contributed by atoms with E-state index in [0.29, 0.717) is 23.7 Å². The fraction of sp³-hybridized carbons (Fsp3) is 0.235. The van der Waals surface area contributed by atoms with Gasteiger partial charge in [0, 0.05) is 29.4 Å². The van der Waals surface area contributed by atoms with Crippen LogP contribution in [0, 0.1) is 6.92 Å². The molecule has 3 nitrogen and oxygen atoms in total. The molecule has 0 atom stereocenters. The monoisotopic (exact) mass is 302 g/mol. The number of rotatable bonds is 4. The van der Waals surface area contributed by atoms with Crippen molar-refractivity contribution in [2.45, 2.75) is 20.4 Å². The maximum atomic E-state index is 12.7. The molecule has 0 spiro atoms. The number of halogens is 1. The second-order valence-corrected chi connectivity index (χ2v) is 5.46. The van der Waals surface area contributed by atoms with Gasteiger partial charge in [0.15, 0.2) is 0 Å². The van der Waals surface area contributed by atoms with Crippen molar-refractivity contribution in [2.24, 2.45) is 0 Å². The Balaban J connectivity index is 2.22. The Morgan fingerprint density at radius 3 is 2.48 bits per heavy atom. The van der Waals surface area contributed by atoms with Crippen LogP contribution in [-0.2, 0) is 6.54 Å². The van der Waals surface area contributed by atoms with E-state index in [1.807, 2.05) is 44.2 Å². The molecule has 2 N–H and O–H groups in total. The quantitative estimate of drug-likeness (QED) is 0.871. The van der Waals surface area contributed by atoms with E-state index in [1.165, 1.54) is 0 Å². The van der Waals surface area contributed by atoms with Gasteiger partial charge in [0.25, 0.3) is 5.91 Å². The maximum absolute atomic E-state index is 12.7. The minimum absolute atomic E-state index is 0.00525. The lowest BCUT2D eigenvalue weighted by molar-refractivity contribution is 0.0752. The predicted octanol–water partition coefficient (Wildman–Crippen LogP) is 3.89. The topological polar surface area (TPSA) is 46.3 Å². The van der Waals surface area contributed by atoms with Gasteiger partial charge < -0.3 is 10.6 Å². The third kappa shape index (κ3) is 3.76. The van der Waals surface area contributed by atoms with Crippen LogP contribution in [0.2, 0.25) is 5.02 Å². The van der Waals surface area contributed by atoms with Crippen LogP contribution in [0.1, 0.15) is 28.4 Å². The number of aryl methyl sites for hydroxylation is 1. The average Bonchev–Trinajstić information content (AvgIpc) is 2.48. The van der Waals surface area contributed by atoms with Crippen LogP contribution in [0.4, 0.5) is 5.69 Å². The number of anilines is 1. The molecule has 21 heavy (non-hydrogen) atoms. The van der Waals surface area contributed by atoms with Crippen LogP contribution < -0.4 is 5.73 Å². The highest BCUT2D eigenvalue weighted by molar-refractivity contribution is 6.31. The van der Waals surface area contributed by atoms with Crippen molar-refractivity contribution in [3.05, 3.63) is 64.2 Å². The molecule has 2 aromatic carbocycles. The van der Waals surface area contributed by atoms with E-state index in [9.17, 15) is 4.79 Å². The first kappa shape index (κ1) is 15.4. The van der Waals surface area contributed by atoms with Crippen molar-refractivity contribution < 1.29 is 4.79 Å². The van der Waals surface area contributed by atoms with Gasteiger partial charge in [0.05, 0.1) is 0 Å². The van der Waals surface area contributed by atoms with E-state index in [-0.39, 0.29) is 5.91 Å². The number of carbonyl (C=O) groups excluding carboxylic acids is 1. The van der Waals surface area contributed by atoms with Gasteiger partial charge in [0.2, 0.25) is 0 Å². The summed E-state index contributed by atoms with van der Waals surface area (Å²) in [7, 11) is 0. The molecule has 0 heterocycles. The number of nitrogens with zero attached hydrogens (tertiary/aromatic N) is 1. The third-order valence-electron chi connectivity index (χ3n) is 3.45. The summed E-state index contributed by atoms with van der Waals surface area (Å²) in [5, 5.41) is 0.576. The third-order valence-corrected chi connectivity index (χ3v) is 3.69. The van der Waals surface area contributed by atoms with Crippen molar-refractivity contribution in [3.63, 3.8) is 0 Å². The largest absolute Gasteiger partial charge is 0.399 e. The number of amides is 1. The lowest BCUT2D eigenvalue weighted by atomic mass is 10.1. The van der Waals surface area contributed by atoms with Crippen molar-refractivity contribution >= 4 is 23.2 Å². The summed E-state index contributed by atoms with van der Waals surface area (Å²) in [4.78, 5) is 14.5. The fourth-order valence-corrected chi connectivity index (χ4v) is 2.34. The zero-order valence-electron chi connectivity index (χ0n) is 12.3. The summed E-state index contributed by atoms with van der Waals surface area (Å²) >= 11 is 6.00. The molecule has 1 amide bonds. The first-order valence-electron chi connectivity index (χ1n) is 6.91. The van der Waals surface area contributed by atoms with Gasteiger partial charge in [-0.05, 0) is 49.2 Å². The first-order chi connectivity index (χ1) is 10.0. The number of nitrogen functional groups attached to an aromatic ring is 1. The normalized spacial score (nSPS) is 10.4. The molecule has 0 radical (unpaired) electrons. The van der Waals surface area contributed by atoms with E-state index in [0.717, 1.165) is 16.8 Å². The van der Waals surface area contributed by atoms with Crippen molar-refractivity contribution in [3.8, 4) is 0 Å². The summed E-state index contributed by atoms with van der Waals surface area (Å²) in [5.41, 5.74) is 9.04. The van der Waals surface area contributed by atoms with Gasteiger partial charge in [-0.15, -0.1) is 0 Å². The van der Waals surface area contributed by atoms with Gasteiger partial charge in [0.1, 0.15) is 0 Å². The molecule has 0 saturated heterocycles. The van der Waals surface area contributed by atoms with E-state index >= 15 is 0 Å². The van der Waals surface area contributed by atoms with Crippen LogP contribution >= 0.6 is 11.6 Å². The average molecular weight is 303 g/mol. The van der Waals surface area contributed by atoms with E-state index < -0.39 is 0 Å². The zero-order valence-corrected chi connectivity index (χ0v) is 13.0. The molecule has 2 aromatic rings. The molecular weight excluding hydrogens is 284 g/mol. The van der Waals surface area contributed by atoms with Crippen LogP contribution in [0.15, 0.2) is 42.5 Å². The first-order valence-corrected chi connectivity index (χ1v) is 7.29. The lowest BCUT2D eigenvalue weighted by Gasteiger charge is -2.22. The van der Waals surface area contributed by atoms with Gasteiger partial charge in [-0.1, -0.05) is 29.8 Å². The predicted molar refractivity (Wildman–Crippen MR) is 87.5 cm³/mol. The van der Waals surface area contributed by atoms with E-state index in [1.54, 1.807) is 17.0 Å². The number of hydrogen-bond acceptors (Lipinski definition) is 2. The number of hydrogen-bond donors (Lipinski definition) is 1. The van der Waals surface area contributed by atoms with Crippen LogP contribution in [-0.4, -0.2) is 17.4 Å². The second-order valence-electron chi connectivity index (χ2n) is 5.02. The highest BCUT2D eigenvalue weighted by Crippen LogP contribution is 2.18. The van der Waals surface area contributed by atoms with Gasteiger partial charge >= 0.3 is 0 Å². The van der Waals surface area contributed by atoms with E-state index in [2.05, 4.69) is 0 Å². The zero-order chi connectivity index (χ0) is 15.4. The molecule has 4 heteroatoms. The molecule has 0 unspecified atom stereocenters. The Labute approximate surface area is 130 Å². The Hall–Kier alpha value is -2.00. The van der Waals surface area contributed by atoms with Crippen LogP contribution in [0.5, 0.6) is 0 Å². The Bertz CT molecular complexity index is 638. The van der Waals surface area contributed by atoms with Crippen LogP contribution in [0.3, 0.4) is 0 Å². The molecule has 0 saturated carbocycles. The molecular formula is C17H19ClN2O. The van der Waals surface area contributed by atoms with Crippen molar-refractivity contribution in [2.75, 3.05) is 12.3 Å².